The number of hydrogen-bond donors (Lipinski definition) is 2. The van der Waals surface area contributed by atoms with E-state index < -0.39 is 0 Å². The number of methoxy groups -OCH3 is 1. The van der Waals surface area contributed by atoms with Crippen molar-refractivity contribution >= 4 is 23.2 Å². The molecule has 0 fully saturated rings. The van der Waals surface area contributed by atoms with Gasteiger partial charge >= 0.3 is 0 Å². The summed E-state index contributed by atoms with van der Waals surface area (Å²) in [5, 5.41) is 6.43. The number of halogens is 1. The van der Waals surface area contributed by atoms with Crippen molar-refractivity contribution in [2.24, 2.45) is 0 Å². The molecule has 0 aliphatic carbocycles. The zero-order valence-electron chi connectivity index (χ0n) is 12.7. The van der Waals surface area contributed by atoms with Gasteiger partial charge in [-0.25, -0.2) is 0 Å². The van der Waals surface area contributed by atoms with Crippen LogP contribution in [0.2, 0.25) is 5.02 Å². The molecule has 22 heavy (non-hydrogen) atoms. The van der Waals surface area contributed by atoms with Crippen LogP contribution in [-0.4, -0.2) is 19.6 Å². The van der Waals surface area contributed by atoms with E-state index in [1.54, 1.807) is 19.2 Å². The highest BCUT2D eigenvalue weighted by atomic mass is 35.5. The fourth-order valence-corrected chi connectivity index (χ4v) is 2.28. The summed E-state index contributed by atoms with van der Waals surface area (Å²) in [7, 11) is 1.56. The lowest BCUT2D eigenvalue weighted by molar-refractivity contribution is -0.119. The van der Waals surface area contributed by atoms with Crippen molar-refractivity contribution in [3.05, 3.63) is 58.6 Å². The average molecular weight is 319 g/mol. The first-order chi connectivity index (χ1) is 10.6. The molecule has 5 heteroatoms. The first-order valence-electron chi connectivity index (χ1n) is 6.99. The molecule has 0 bridgehead atoms. The lowest BCUT2D eigenvalue weighted by atomic mass is 10.1. The van der Waals surface area contributed by atoms with E-state index in [0.29, 0.717) is 17.3 Å². The smallest absolute Gasteiger partial charge is 0.239 e. The Morgan fingerprint density at radius 1 is 1.23 bits per heavy atom. The van der Waals surface area contributed by atoms with Crippen molar-refractivity contribution in [3.63, 3.8) is 0 Å². The second kappa shape index (κ2) is 7.71. The van der Waals surface area contributed by atoms with E-state index in [9.17, 15) is 4.79 Å². The number of rotatable bonds is 6. The first-order valence-corrected chi connectivity index (χ1v) is 7.36. The minimum absolute atomic E-state index is 0.0739. The fourth-order valence-electron chi connectivity index (χ4n) is 2.02. The third kappa shape index (κ3) is 4.40. The van der Waals surface area contributed by atoms with Crippen LogP contribution in [0.15, 0.2) is 42.5 Å². The van der Waals surface area contributed by atoms with Gasteiger partial charge in [0.15, 0.2) is 0 Å². The topological polar surface area (TPSA) is 50.4 Å². The van der Waals surface area contributed by atoms with Crippen LogP contribution in [0.25, 0.3) is 0 Å². The molecule has 0 saturated carbocycles. The maximum atomic E-state index is 11.9. The molecule has 1 amide bonds. The Hall–Kier alpha value is -2.20. The molecule has 0 saturated heterocycles. The van der Waals surface area contributed by atoms with E-state index >= 15 is 0 Å². The van der Waals surface area contributed by atoms with Crippen LogP contribution in [0.4, 0.5) is 5.69 Å². The molecule has 2 N–H and O–H groups in total. The summed E-state index contributed by atoms with van der Waals surface area (Å²) in [6.45, 7) is 2.74. The van der Waals surface area contributed by atoms with Gasteiger partial charge in [-0.15, -0.1) is 0 Å². The van der Waals surface area contributed by atoms with E-state index in [2.05, 4.69) is 10.6 Å². The largest absolute Gasteiger partial charge is 0.495 e. The third-order valence-electron chi connectivity index (χ3n) is 3.34. The molecule has 0 atom stereocenters. The highest BCUT2D eigenvalue weighted by Crippen LogP contribution is 2.26. The van der Waals surface area contributed by atoms with Crippen LogP contribution < -0.4 is 15.4 Å². The van der Waals surface area contributed by atoms with Crippen molar-refractivity contribution in [3.8, 4) is 5.75 Å². The van der Waals surface area contributed by atoms with Gasteiger partial charge in [-0.1, -0.05) is 35.9 Å². The lowest BCUT2D eigenvalue weighted by Crippen LogP contribution is -2.29. The summed E-state index contributed by atoms with van der Waals surface area (Å²) in [5.41, 5.74) is 3.05. The summed E-state index contributed by atoms with van der Waals surface area (Å²) in [6.07, 6.45) is 0. The number of hydrogen-bond acceptors (Lipinski definition) is 3. The monoisotopic (exact) mass is 318 g/mol. The van der Waals surface area contributed by atoms with Gasteiger partial charge in [0, 0.05) is 12.2 Å². The normalized spacial score (nSPS) is 10.1. The van der Waals surface area contributed by atoms with Crippen molar-refractivity contribution in [2.45, 2.75) is 13.5 Å². The Labute approximate surface area is 135 Å². The van der Waals surface area contributed by atoms with Gasteiger partial charge in [0.2, 0.25) is 5.91 Å². The molecular formula is C17H19ClN2O2. The van der Waals surface area contributed by atoms with Crippen LogP contribution in [0.3, 0.4) is 0 Å². The summed E-state index contributed by atoms with van der Waals surface area (Å²) in [5.74, 6) is 0.534. The van der Waals surface area contributed by atoms with E-state index in [0.717, 1.165) is 16.8 Å². The Morgan fingerprint density at radius 2 is 2.00 bits per heavy atom. The Kier molecular flexibility index (Phi) is 5.67. The quantitative estimate of drug-likeness (QED) is 0.858. The summed E-state index contributed by atoms with van der Waals surface area (Å²) >= 11 is 6.04. The van der Waals surface area contributed by atoms with Gasteiger partial charge in [-0.3, -0.25) is 4.79 Å². The standard InChI is InChI=1S/C17H19ClN2O2/c1-12-5-3-4-6-13(12)10-20-17(21)11-19-14-7-8-16(22-2)15(18)9-14/h3-9,19H,10-11H2,1-2H3,(H,20,21). The number of amides is 1. The lowest BCUT2D eigenvalue weighted by Gasteiger charge is -2.10. The van der Waals surface area contributed by atoms with Crippen LogP contribution in [0.1, 0.15) is 11.1 Å². The maximum absolute atomic E-state index is 11.9. The minimum atomic E-state index is -0.0739. The van der Waals surface area contributed by atoms with Crippen molar-refractivity contribution in [1.29, 1.82) is 0 Å². The molecule has 4 nitrogen and oxygen atoms in total. The minimum Gasteiger partial charge on any atom is -0.495 e. The second-order valence-electron chi connectivity index (χ2n) is 4.91. The number of carbonyl (C=O) groups is 1. The first kappa shape index (κ1) is 16.2. The van der Waals surface area contributed by atoms with E-state index in [4.69, 9.17) is 16.3 Å². The van der Waals surface area contributed by atoms with Gasteiger partial charge in [-0.05, 0) is 36.2 Å². The van der Waals surface area contributed by atoms with Gasteiger partial charge in [0.05, 0.1) is 18.7 Å². The Morgan fingerprint density at radius 3 is 2.68 bits per heavy atom. The third-order valence-corrected chi connectivity index (χ3v) is 3.64. The van der Waals surface area contributed by atoms with Crippen LogP contribution >= 0.6 is 11.6 Å². The molecule has 0 aromatic heterocycles. The van der Waals surface area contributed by atoms with Gasteiger partial charge in [-0.2, -0.15) is 0 Å². The molecule has 2 aromatic rings. The Bertz CT molecular complexity index is 659. The number of nitrogens with one attached hydrogen (secondary N) is 2. The van der Waals surface area contributed by atoms with Crippen LogP contribution in [0, 0.1) is 6.92 Å². The van der Waals surface area contributed by atoms with Crippen molar-refractivity contribution in [2.75, 3.05) is 19.0 Å². The molecule has 0 radical (unpaired) electrons. The Balaban J connectivity index is 1.83. The predicted molar refractivity (Wildman–Crippen MR) is 89.5 cm³/mol. The molecule has 0 aliphatic heterocycles. The molecular weight excluding hydrogens is 300 g/mol. The fraction of sp³-hybridized carbons (Fsp3) is 0.235. The zero-order chi connectivity index (χ0) is 15.9. The summed E-state index contributed by atoms with van der Waals surface area (Å²) < 4.78 is 5.09. The average Bonchev–Trinajstić information content (AvgIpc) is 2.52. The molecule has 0 unspecified atom stereocenters. The van der Waals surface area contributed by atoms with Crippen LogP contribution in [0.5, 0.6) is 5.75 Å². The number of carbonyl (C=O) groups excluding carboxylic acids is 1. The SMILES string of the molecule is COc1ccc(NCC(=O)NCc2ccccc2C)cc1Cl. The molecule has 0 heterocycles. The van der Waals surface area contributed by atoms with Gasteiger partial charge in [0.1, 0.15) is 5.75 Å². The zero-order valence-corrected chi connectivity index (χ0v) is 13.4. The molecule has 2 rings (SSSR count). The highest BCUT2D eigenvalue weighted by molar-refractivity contribution is 6.32. The maximum Gasteiger partial charge on any atom is 0.239 e. The van der Waals surface area contributed by atoms with E-state index in [-0.39, 0.29) is 12.5 Å². The van der Waals surface area contributed by atoms with Crippen LogP contribution in [-0.2, 0) is 11.3 Å². The van der Waals surface area contributed by atoms with Gasteiger partial charge < -0.3 is 15.4 Å². The van der Waals surface area contributed by atoms with E-state index in [1.165, 1.54) is 0 Å². The second-order valence-corrected chi connectivity index (χ2v) is 5.31. The number of benzene rings is 2. The molecule has 2 aromatic carbocycles. The summed E-state index contributed by atoms with van der Waals surface area (Å²) in [6, 6.07) is 13.3. The summed E-state index contributed by atoms with van der Waals surface area (Å²) in [4.78, 5) is 11.9. The molecule has 0 spiro atoms. The molecule has 116 valence electrons. The number of anilines is 1. The number of aryl methyl sites for hydroxylation is 1. The van der Waals surface area contributed by atoms with Crippen molar-refractivity contribution < 1.29 is 9.53 Å². The van der Waals surface area contributed by atoms with E-state index in [1.807, 2.05) is 37.3 Å². The molecule has 0 aliphatic rings. The highest BCUT2D eigenvalue weighted by Gasteiger charge is 2.05. The van der Waals surface area contributed by atoms with Crippen molar-refractivity contribution in [1.82, 2.24) is 5.32 Å². The number of ether oxygens (including phenoxy) is 1. The van der Waals surface area contributed by atoms with Gasteiger partial charge in [0.25, 0.3) is 0 Å². The predicted octanol–water partition coefficient (Wildman–Crippen LogP) is 3.39.